The van der Waals surface area contributed by atoms with Crippen LogP contribution in [0.3, 0.4) is 0 Å². The third-order valence-electron chi connectivity index (χ3n) is 9.56. The van der Waals surface area contributed by atoms with Crippen molar-refractivity contribution in [3.05, 3.63) is 82.9 Å². The molecule has 1 aliphatic heterocycles. The number of aromatic nitrogens is 2. The van der Waals surface area contributed by atoms with E-state index in [1.165, 1.54) is 64.7 Å². The van der Waals surface area contributed by atoms with Gasteiger partial charge in [0.25, 0.3) is 0 Å². The number of hydrogen-bond donors (Lipinski definition) is 0. The minimum atomic E-state index is -4.42. The number of thiophene rings is 2. The molecule has 0 spiro atoms. The molecule has 0 radical (unpaired) electrons. The van der Waals surface area contributed by atoms with Crippen LogP contribution in [0.5, 0.6) is 0 Å². The van der Waals surface area contributed by atoms with Crippen LogP contribution in [-0.4, -0.2) is 8.75 Å². The van der Waals surface area contributed by atoms with Crippen LogP contribution in [0, 0.1) is 6.92 Å². The number of nitrogens with zero attached hydrogens (tertiary/aromatic N) is 4. The van der Waals surface area contributed by atoms with Crippen LogP contribution >= 0.6 is 34.4 Å². The fourth-order valence-electron chi connectivity index (χ4n) is 6.80. The van der Waals surface area contributed by atoms with E-state index in [1.807, 2.05) is 18.2 Å². The zero-order valence-electron chi connectivity index (χ0n) is 28.9. The first-order chi connectivity index (χ1) is 24.8. The highest BCUT2D eigenvalue weighted by Gasteiger charge is 2.34. The lowest BCUT2D eigenvalue weighted by molar-refractivity contribution is -0.138. The quantitative estimate of drug-likeness (QED) is 0.104. The highest BCUT2D eigenvalue weighted by molar-refractivity contribution is 7.58. The minimum Gasteiger partial charge on any atom is -0.172 e. The number of fused-ring (bicyclic) bond motifs is 2. The summed E-state index contributed by atoms with van der Waals surface area (Å²) in [6.07, 6.45) is 5.91. The van der Waals surface area contributed by atoms with Crippen molar-refractivity contribution in [1.82, 2.24) is 8.75 Å². The molecule has 0 bridgehead atoms. The van der Waals surface area contributed by atoms with Gasteiger partial charge in [-0.3, -0.25) is 0 Å². The molecular weight excluding hydrogens is 722 g/mol. The Balaban J connectivity index is 1.21. The summed E-state index contributed by atoms with van der Waals surface area (Å²) in [5.41, 5.74) is 9.07. The largest absolute Gasteiger partial charge is 0.416 e. The number of alkyl halides is 3. The van der Waals surface area contributed by atoms with Gasteiger partial charge in [0.1, 0.15) is 22.4 Å². The molecule has 0 amide bonds. The van der Waals surface area contributed by atoms with E-state index in [9.17, 15) is 13.2 Å². The van der Waals surface area contributed by atoms with Crippen LogP contribution in [0.25, 0.3) is 52.8 Å². The molecule has 1 aliphatic rings. The van der Waals surface area contributed by atoms with Gasteiger partial charge in [0, 0.05) is 30.6 Å². The van der Waals surface area contributed by atoms with Crippen LogP contribution < -0.4 is 0 Å². The molecule has 0 aliphatic carbocycles. The first kappa shape index (κ1) is 35.9. The molecular formula is C40H39F3N4S4. The molecule has 7 rings (SSSR count). The van der Waals surface area contributed by atoms with Gasteiger partial charge in [-0.25, -0.2) is 0 Å². The molecule has 0 saturated heterocycles. The summed E-state index contributed by atoms with van der Waals surface area (Å²) in [7, 11) is 0. The number of unbranched alkanes of at least 4 members (excludes halogenated alkanes) is 6. The molecule has 0 atom stereocenters. The predicted molar refractivity (Wildman–Crippen MR) is 212 cm³/mol. The van der Waals surface area contributed by atoms with Crippen LogP contribution in [0.15, 0.2) is 69.4 Å². The third kappa shape index (κ3) is 7.54. The van der Waals surface area contributed by atoms with Crippen molar-refractivity contribution in [3.63, 3.8) is 0 Å². The summed E-state index contributed by atoms with van der Waals surface area (Å²) in [5, 5.41) is 0. The number of halogens is 3. The van der Waals surface area contributed by atoms with E-state index in [2.05, 4.69) is 51.1 Å². The summed E-state index contributed by atoms with van der Waals surface area (Å²) in [6.45, 7) is 6.55. The highest BCUT2D eigenvalue weighted by atomic mass is 32.1. The standard InChI is InChI=1S/C40H39F3N4S4/c1-4-6-8-10-12-25-14-16-27(22-24(25)3)30-18-20-32(48-30)34-36-38(46-50-44-36)35(39-37(34)45-51-47-39)33-21-19-31(49-33)28-17-15-26(13-11-9-7-5-2)29(23-28)40(41,42)43/h14-23H,4-13H2,1-3H3. The van der Waals surface area contributed by atoms with Gasteiger partial charge in [-0.1, -0.05) is 82.7 Å². The van der Waals surface area contributed by atoms with Crippen molar-refractivity contribution in [2.45, 2.75) is 91.2 Å². The predicted octanol–water partition coefficient (Wildman–Crippen LogP) is 14.8. The van der Waals surface area contributed by atoms with Gasteiger partial charge in [-0.2, -0.15) is 30.6 Å². The maximum atomic E-state index is 14.2. The second kappa shape index (κ2) is 15.6. The highest BCUT2D eigenvalue weighted by Crippen LogP contribution is 2.54. The minimum absolute atomic E-state index is 0.363. The summed E-state index contributed by atoms with van der Waals surface area (Å²) in [4.78, 5) is 3.86. The van der Waals surface area contributed by atoms with E-state index in [4.69, 9.17) is 17.5 Å². The van der Waals surface area contributed by atoms with Crippen LogP contribution in [-0.2, 0) is 30.4 Å². The Hall–Kier alpha value is -3.51. The van der Waals surface area contributed by atoms with E-state index < -0.39 is 11.7 Å². The molecule has 11 heteroatoms. The molecule has 0 saturated carbocycles. The van der Waals surface area contributed by atoms with Gasteiger partial charge in [0.15, 0.2) is 0 Å². The normalized spacial score (nSPS) is 12.6. The smallest absolute Gasteiger partial charge is 0.172 e. The average molecular weight is 761 g/mol. The Morgan fingerprint density at radius 2 is 1.10 bits per heavy atom. The fourth-order valence-corrected chi connectivity index (χ4v) is 10.0. The van der Waals surface area contributed by atoms with Crippen molar-refractivity contribution >= 4 is 68.2 Å². The second-order valence-electron chi connectivity index (χ2n) is 13.1. The first-order valence-electron chi connectivity index (χ1n) is 17.7. The zero-order chi connectivity index (χ0) is 35.5. The summed E-state index contributed by atoms with van der Waals surface area (Å²) in [5.74, 6) is 0. The first-order valence-corrected chi connectivity index (χ1v) is 20.8. The van der Waals surface area contributed by atoms with Gasteiger partial charge in [0.2, 0.25) is 0 Å². The molecule has 0 fully saturated rings. The topological polar surface area (TPSA) is 50.5 Å². The Morgan fingerprint density at radius 1 is 0.588 bits per heavy atom. The van der Waals surface area contributed by atoms with Gasteiger partial charge < -0.3 is 0 Å². The second-order valence-corrected chi connectivity index (χ2v) is 16.4. The SMILES string of the molecule is CCCCCCc1ccc(-c2ccc(-c3c4c(c(-c5ccc(-c6ccc(CCCCCC)c(C(F)(F)F)c6)s5)c5nsnc35)N=S=N4)s2)cc1C. The van der Waals surface area contributed by atoms with Gasteiger partial charge in [0.05, 0.1) is 28.6 Å². The number of hydrogen-bond acceptors (Lipinski definition) is 7. The summed E-state index contributed by atoms with van der Waals surface area (Å²) < 4.78 is 61.7. The van der Waals surface area contributed by atoms with Crippen molar-refractivity contribution < 1.29 is 13.2 Å². The van der Waals surface area contributed by atoms with E-state index in [1.54, 1.807) is 17.4 Å². The van der Waals surface area contributed by atoms with Crippen molar-refractivity contribution in [1.29, 1.82) is 0 Å². The van der Waals surface area contributed by atoms with Crippen molar-refractivity contribution in [3.8, 4) is 41.8 Å². The lowest BCUT2D eigenvalue weighted by Gasteiger charge is -2.14. The molecule has 0 N–H and O–H groups in total. The molecule has 6 aromatic rings. The van der Waals surface area contributed by atoms with E-state index >= 15 is 0 Å². The Kier molecular flexibility index (Phi) is 11.0. The number of benzene rings is 3. The number of aryl methyl sites for hydroxylation is 3. The summed E-state index contributed by atoms with van der Waals surface area (Å²) >= 11 is 5.46. The average Bonchev–Trinajstić information content (AvgIpc) is 3.95. The molecule has 51 heavy (non-hydrogen) atoms. The molecule has 4 nitrogen and oxygen atoms in total. The molecule has 4 heterocycles. The summed E-state index contributed by atoms with van der Waals surface area (Å²) in [6, 6.07) is 19.7. The lowest BCUT2D eigenvalue weighted by Crippen LogP contribution is -2.09. The Morgan fingerprint density at radius 3 is 1.63 bits per heavy atom. The van der Waals surface area contributed by atoms with Gasteiger partial charge in [-0.05, 0) is 90.8 Å². The van der Waals surface area contributed by atoms with E-state index in [0.29, 0.717) is 17.5 Å². The van der Waals surface area contributed by atoms with Crippen LogP contribution in [0.2, 0.25) is 0 Å². The molecule has 264 valence electrons. The van der Waals surface area contributed by atoms with Crippen LogP contribution in [0.1, 0.15) is 87.5 Å². The Bertz CT molecular complexity index is 2260. The van der Waals surface area contributed by atoms with Crippen LogP contribution in [0.4, 0.5) is 24.5 Å². The third-order valence-corrected chi connectivity index (χ3v) is 12.9. The maximum absolute atomic E-state index is 14.2. The van der Waals surface area contributed by atoms with Crippen molar-refractivity contribution in [2.24, 2.45) is 8.73 Å². The lowest BCUT2D eigenvalue weighted by atomic mass is 9.97. The Labute approximate surface area is 313 Å². The van der Waals surface area contributed by atoms with Crippen molar-refractivity contribution in [2.75, 3.05) is 0 Å². The maximum Gasteiger partial charge on any atom is 0.416 e. The fraction of sp³-hybridized carbons (Fsp3) is 0.350. The van der Waals surface area contributed by atoms with Gasteiger partial charge >= 0.3 is 6.18 Å². The monoisotopic (exact) mass is 760 g/mol. The van der Waals surface area contributed by atoms with E-state index in [-0.39, 0.29) is 0 Å². The molecule has 3 aromatic carbocycles. The van der Waals surface area contributed by atoms with E-state index in [0.717, 1.165) is 103 Å². The van der Waals surface area contributed by atoms with Gasteiger partial charge in [-0.15, -0.1) is 22.7 Å². The molecule has 3 aromatic heterocycles. The zero-order valence-corrected chi connectivity index (χ0v) is 32.2. The molecule has 0 unspecified atom stereocenters. The number of rotatable bonds is 14.